The first-order valence-corrected chi connectivity index (χ1v) is 8.80. The van der Waals surface area contributed by atoms with Crippen LogP contribution in [0.4, 0.5) is 4.39 Å². The van der Waals surface area contributed by atoms with E-state index >= 15 is 0 Å². The van der Waals surface area contributed by atoms with E-state index < -0.39 is 0 Å². The number of likely N-dealkylation sites (tertiary alicyclic amines) is 1. The molecule has 0 saturated carbocycles. The Kier molecular flexibility index (Phi) is 4.73. The van der Waals surface area contributed by atoms with Crippen molar-refractivity contribution in [3.63, 3.8) is 0 Å². The largest absolute Gasteiger partial charge is 0.328 e. The maximum absolute atomic E-state index is 14.4. The summed E-state index contributed by atoms with van der Waals surface area (Å²) in [6, 6.07) is 10.7. The van der Waals surface area contributed by atoms with E-state index in [-0.39, 0.29) is 11.9 Å². The molecular weight excluding hydrogens is 331 g/mol. The highest BCUT2D eigenvalue weighted by Gasteiger charge is 2.22. The molecule has 26 heavy (non-hydrogen) atoms. The van der Waals surface area contributed by atoms with Crippen LogP contribution < -0.4 is 5.73 Å². The Labute approximate surface area is 151 Å². The minimum atomic E-state index is -0.330. The summed E-state index contributed by atoms with van der Waals surface area (Å²) in [6.45, 7) is 2.53. The molecule has 1 fully saturated rings. The van der Waals surface area contributed by atoms with Gasteiger partial charge in [0.2, 0.25) is 0 Å². The molecule has 6 nitrogen and oxygen atoms in total. The first kappa shape index (κ1) is 16.8. The van der Waals surface area contributed by atoms with E-state index in [0.29, 0.717) is 12.2 Å². The fourth-order valence-electron chi connectivity index (χ4n) is 3.33. The van der Waals surface area contributed by atoms with E-state index in [0.717, 1.165) is 42.9 Å². The van der Waals surface area contributed by atoms with Crippen molar-refractivity contribution < 1.29 is 4.39 Å². The Morgan fingerprint density at radius 2 is 1.81 bits per heavy atom. The van der Waals surface area contributed by atoms with Crippen LogP contribution in [-0.4, -0.2) is 44.0 Å². The molecule has 0 amide bonds. The van der Waals surface area contributed by atoms with E-state index in [1.165, 1.54) is 6.07 Å². The first-order chi connectivity index (χ1) is 12.7. The molecule has 0 bridgehead atoms. The van der Waals surface area contributed by atoms with Crippen molar-refractivity contribution in [2.24, 2.45) is 5.73 Å². The number of rotatable bonds is 4. The Balaban J connectivity index is 1.74. The second-order valence-corrected chi connectivity index (χ2v) is 6.60. The second kappa shape index (κ2) is 7.31. The zero-order chi connectivity index (χ0) is 17.9. The minimum absolute atomic E-state index is 0.278. The van der Waals surface area contributed by atoms with Gasteiger partial charge in [0.05, 0.1) is 5.69 Å². The van der Waals surface area contributed by atoms with Gasteiger partial charge in [-0.3, -0.25) is 9.88 Å². The average Bonchev–Trinajstić information content (AvgIpc) is 3.08. The topological polar surface area (TPSA) is 72.9 Å². The molecule has 2 aromatic heterocycles. The summed E-state index contributed by atoms with van der Waals surface area (Å²) in [5.41, 5.74) is 8.93. The molecule has 1 aromatic carbocycles. The number of hydrogen-bond donors (Lipinski definition) is 1. The van der Waals surface area contributed by atoms with Crippen LogP contribution in [0.3, 0.4) is 0 Å². The third kappa shape index (κ3) is 3.36. The van der Waals surface area contributed by atoms with Crippen molar-refractivity contribution in [3.05, 3.63) is 60.3 Å². The van der Waals surface area contributed by atoms with E-state index in [2.05, 4.69) is 20.2 Å². The summed E-state index contributed by atoms with van der Waals surface area (Å²) >= 11 is 0. The number of aromatic nitrogens is 4. The van der Waals surface area contributed by atoms with Gasteiger partial charge in [0.25, 0.3) is 0 Å². The maximum atomic E-state index is 14.4. The number of benzene rings is 1. The van der Waals surface area contributed by atoms with Crippen LogP contribution in [0.5, 0.6) is 0 Å². The van der Waals surface area contributed by atoms with Gasteiger partial charge in [-0.1, -0.05) is 17.3 Å². The molecule has 134 valence electrons. The normalized spacial score (nSPS) is 16.1. The summed E-state index contributed by atoms with van der Waals surface area (Å²) in [6.07, 6.45) is 5.40. The summed E-state index contributed by atoms with van der Waals surface area (Å²) in [7, 11) is 0. The third-order valence-corrected chi connectivity index (χ3v) is 4.78. The van der Waals surface area contributed by atoms with Crippen LogP contribution >= 0.6 is 0 Å². The average molecular weight is 352 g/mol. The molecule has 0 unspecified atom stereocenters. The number of para-hydroxylation sites is 1. The molecule has 2 N–H and O–H groups in total. The van der Waals surface area contributed by atoms with Crippen molar-refractivity contribution in [1.29, 1.82) is 0 Å². The summed E-state index contributed by atoms with van der Waals surface area (Å²) in [5.74, 6) is -0.330. The van der Waals surface area contributed by atoms with Gasteiger partial charge >= 0.3 is 0 Å². The van der Waals surface area contributed by atoms with Crippen LogP contribution in [-0.2, 0) is 6.54 Å². The molecule has 0 atom stereocenters. The minimum Gasteiger partial charge on any atom is -0.328 e. The first-order valence-electron chi connectivity index (χ1n) is 8.80. The van der Waals surface area contributed by atoms with Crippen molar-refractivity contribution >= 4 is 0 Å². The fourth-order valence-corrected chi connectivity index (χ4v) is 3.33. The summed E-state index contributed by atoms with van der Waals surface area (Å²) in [4.78, 5) is 6.40. The molecule has 4 rings (SSSR count). The van der Waals surface area contributed by atoms with Crippen LogP contribution in [0.1, 0.15) is 18.5 Å². The number of piperidine rings is 1. The Bertz CT molecular complexity index is 871. The van der Waals surface area contributed by atoms with Gasteiger partial charge in [-0.2, -0.15) is 0 Å². The SMILES string of the molecule is NC1CCN(Cc2nnn(-c3ccccc3F)c2-c2ccncc2)CC1. The number of nitrogens with zero attached hydrogens (tertiary/aromatic N) is 5. The second-order valence-electron chi connectivity index (χ2n) is 6.60. The number of nitrogens with two attached hydrogens (primary N) is 1. The lowest BCUT2D eigenvalue weighted by Crippen LogP contribution is -2.39. The monoisotopic (exact) mass is 352 g/mol. The Morgan fingerprint density at radius 3 is 2.54 bits per heavy atom. The fraction of sp³-hybridized carbons (Fsp3) is 0.316. The standard InChI is InChI=1S/C19H21FN6/c20-16-3-1-2-4-18(16)26-19(14-5-9-22-10-6-14)17(23-24-26)13-25-11-7-15(21)8-12-25/h1-6,9-10,15H,7-8,11-13,21H2. The number of pyridine rings is 1. The lowest BCUT2D eigenvalue weighted by Gasteiger charge is -2.29. The molecule has 7 heteroatoms. The highest BCUT2D eigenvalue weighted by molar-refractivity contribution is 5.63. The zero-order valence-electron chi connectivity index (χ0n) is 14.4. The van der Waals surface area contributed by atoms with Crippen molar-refractivity contribution in [1.82, 2.24) is 24.9 Å². The van der Waals surface area contributed by atoms with Gasteiger partial charge in [-0.25, -0.2) is 9.07 Å². The lowest BCUT2D eigenvalue weighted by molar-refractivity contribution is 0.204. The molecular formula is C19H21FN6. The molecule has 0 radical (unpaired) electrons. The zero-order valence-corrected chi connectivity index (χ0v) is 14.4. The van der Waals surface area contributed by atoms with E-state index in [4.69, 9.17) is 5.73 Å². The summed E-state index contributed by atoms with van der Waals surface area (Å²) < 4.78 is 15.9. The molecule has 0 spiro atoms. The van der Waals surface area contributed by atoms with Gasteiger partial charge in [0, 0.05) is 43.6 Å². The molecule has 0 aliphatic carbocycles. The highest BCUT2D eigenvalue weighted by Crippen LogP contribution is 2.27. The molecule has 1 aliphatic heterocycles. The van der Waals surface area contributed by atoms with Gasteiger partial charge < -0.3 is 5.73 Å². The molecule has 3 heterocycles. The lowest BCUT2D eigenvalue weighted by atomic mass is 10.1. The molecule has 3 aromatic rings. The third-order valence-electron chi connectivity index (χ3n) is 4.78. The van der Waals surface area contributed by atoms with E-state index in [9.17, 15) is 4.39 Å². The van der Waals surface area contributed by atoms with Gasteiger partial charge in [-0.05, 0) is 37.1 Å². The maximum Gasteiger partial charge on any atom is 0.148 e. The smallest absolute Gasteiger partial charge is 0.148 e. The van der Waals surface area contributed by atoms with E-state index in [1.807, 2.05) is 12.1 Å². The number of halogens is 1. The van der Waals surface area contributed by atoms with Gasteiger partial charge in [0.15, 0.2) is 0 Å². The molecule has 1 saturated heterocycles. The van der Waals surface area contributed by atoms with Crippen molar-refractivity contribution in [2.75, 3.05) is 13.1 Å². The van der Waals surface area contributed by atoms with Crippen LogP contribution in [0.25, 0.3) is 16.9 Å². The summed E-state index contributed by atoms with van der Waals surface area (Å²) in [5, 5.41) is 8.64. The van der Waals surface area contributed by atoms with Gasteiger partial charge in [0.1, 0.15) is 17.2 Å². The van der Waals surface area contributed by atoms with E-state index in [1.54, 1.807) is 35.3 Å². The Morgan fingerprint density at radius 1 is 1.08 bits per heavy atom. The number of hydrogen-bond acceptors (Lipinski definition) is 5. The van der Waals surface area contributed by atoms with Crippen LogP contribution in [0, 0.1) is 5.82 Å². The quantitative estimate of drug-likeness (QED) is 0.780. The predicted octanol–water partition coefficient (Wildman–Crippen LogP) is 2.39. The predicted molar refractivity (Wildman–Crippen MR) is 97.0 cm³/mol. The van der Waals surface area contributed by atoms with Crippen LogP contribution in [0.15, 0.2) is 48.8 Å². The van der Waals surface area contributed by atoms with Crippen LogP contribution in [0.2, 0.25) is 0 Å². The van der Waals surface area contributed by atoms with Crippen molar-refractivity contribution in [3.8, 4) is 16.9 Å². The highest BCUT2D eigenvalue weighted by atomic mass is 19.1. The Hall–Kier alpha value is -2.64. The van der Waals surface area contributed by atoms with Gasteiger partial charge in [-0.15, -0.1) is 5.10 Å². The molecule has 1 aliphatic rings. The van der Waals surface area contributed by atoms with Crippen molar-refractivity contribution in [2.45, 2.75) is 25.4 Å².